The largest absolute Gasteiger partial charge is 0.462 e. The molecule has 0 unspecified atom stereocenters. The highest BCUT2D eigenvalue weighted by Crippen LogP contribution is 2.22. The van der Waals surface area contributed by atoms with Crippen LogP contribution in [0.5, 0.6) is 0 Å². The van der Waals surface area contributed by atoms with E-state index in [0.717, 1.165) is 21.4 Å². The number of hydrogen-bond acceptors (Lipinski definition) is 6. The first-order valence-corrected chi connectivity index (χ1v) is 7.34. The van der Waals surface area contributed by atoms with Crippen LogP contribution in [0.2, 0.25) is 0 Å². The monoisotopic (exact) mass is 282 g/mol. The molecule has 0 radical (unpaired) electrons. The zero-order chi connectivity index (χ0) is 13.1. The molecule has 96 valence electrons. The van der Waals surface area contributed by atoms with Crippen LogP contribution in [-0.4, -0.2) is 22.5 Å². The third-order valence-corrected chi connectivity index (χ3v) is 4.26. The van der Waals surface area contributed by atoms with Crippen molar-refractivity contribution in [2.24, 2.45) is 0 Å². The first-order chi connectivity index (χ1) is 8.60. The average Bonchev–Trinajstić information content (AvgIpc) is 2.86. The first-order valence-electron chi connectivity index (χ1n) is 5.64. The van der Waals surface area contributed by atoms with E-state index in [9.17, 15) is 4.79 Å². The highest BCUT2D eigenvalue weighted by atomic mass is 32.1. The lowest BCUT2D eigenvalue weighted by Gasteiger charge is -1.97. The molecule has 2 aromatic rings. The maximum Gasteiger partial charge on any atom is 0.350 e. The van der Waals surface area contributed by atoms with E-state index < -0.39 is 0 Å². The minimum absolute atomic E-state index is 0.284. The van der Waals surface area contributed by atoms with Gasteiger partial charge >= 0.3 is 5.97 Å². The van der Waals surface area contributed by atoms with Crippen molar-refractivity contribution in [2.75, 3.05) is 6.61 Å². The summed E-state index contributed by atoms with van der Waals surface area (Å²) in [6, 6.07) is 0. The van der Waals surface area contributed by atoms with Crippen molar-refractivity contribution in [2.45, 2.75) is 27.2 Å². The van der Waals surface area contributed by atoms with Gasteiger partial charge in [-0.05, 0) is 20.8 Å². The fourth-order valence-corrected chi connectivity index (χ4v) is 3.14. The predicted molar refractivity (Wildman–Crippen MR) is 72.5 cm³/mol. The van der Waals surface area contributed by atoms with Crippen molar-refractivity contribution in [3.05, 3.63) is 31.7 Å². The Kier molecular flexibility index (Phi) is 4.08. The second-order valence-electron chi connectivity index (χ2n) is 3.78. The zero-order valence-corrected chi connectivity index (χ0v) is 12.2. The predicted octanol–water partition coefficient (Wildman–Crippen LogP) is 2.98. The highest BCUT2D eigenvalue weighted by molar-refractivity contribution is 7.13. The van der Waals surface area contributed by atoms with Crippen LogP contribution in [-0.2, 0) is 11.2 Å². The molecular weight excluding hydrogens is 268 g/mol. The van der Waals surface area contributed by atoms with Gasteiger partial charge in [0.25, 0.3) is 0 Å². The first kappa shape index (κ1) is 13.2. The van der Waals surface area contributed by atoms with Crippen LogP contribution < -0.4 is 0 Å². The van der Waals surface area contributed by atoms with Crippen molar-refractivity contribution in [3.8, 4) is 0 Å². The molecule has 18 heavy (non-hydrogen) atoms. The summed E-state index contributed by atoms with van der Waals surface area (Å²) in [5, 5.41) is 3.97. The Bertz CT molecular complexity index is 560. The Morgan fingerprint density at radius 3 is 2.78 bits per heavy atom. The Labute approximate surface area is 114 Å². The molecule has 0 aromatic carbocycles. The summed E-state index contributed by atoms with van der Waals surface area (Å²) in [5.41, 5.74) is 1.74. The number of esters is 1. The summed E-state index contributed by atoms with van der Waals surface area (Å²) < 4.78 is 4.99. The van der Waals surface area contributed by atoms with E-state index in [1.165, 1.54) is 11.3 Å². The molecule has 0 aliphatic carbocycles. The van der Waals surface area contributed by atoms with E-state index in [4.69, 9.17) is 4.74 Å². The minimum Gasteiger partial charge on any atom is -0.462 e. The van der Waals surface area contributed by atoms with Crippen LogP contribution in [0.3, 0.4) is 0 Å². The van der Waals surface area contributed by atoms with E-state index in [-0.39, 0.29) is 5.97 Å². The second-order valence-corrected chi connectivity index (χ2v) is 5.92. The highest BCUT2D eigenvalue weighted by Gasteiger charge is 2.16. The van der Waals surface area contributed by atoms with Crippen LogP contribution in [0.4, 0.5) is 0 Å². The Morgan fingerprint density at radius 2 is 2.17 bits per heavy atom. The molecule has 0 saturated carbocycles. The number of aryl methyl sites for hydroxylation is 2. The molecule has 0 amide bonds. The number of carbonyl (C=O) groups excluding carboxylic acids is 1. The van der Waals surface area contributed by atoms with Crippen molar-refractivity contribution in [3.63, 3.8) is 0 Å². The summed E-state index contributed by atoms with van der Waals surface area (Å²) in [7, 11) is 0. The number of carbonyl (C=O) groups is 1. The number of rotatable bonds is 4. The van der Waals surface area contributed by atoms with Crippen LogP contribution in [0, 0.1) is 13.8 Å². The Balaban J connectivity index is 2.16. The van der Waals surface area contributed by atoms with Gasteiger partial charge in [-0.25, -0.2) is 14.8 Å². The van der Waals surface area contributed by atoms with Crippen molar-refractivity contribution < 1.29 is 9.53 Å². The van der Waals surface area contributed by atoms with Gasteiger partial charge in [0.1, 0.15) is 4.88 Å². The van der Waals surface area contributed by atoms with Gasteiger partial charge in [0.2, 0.25) is 0 Å². The number of thiazole rings is 2. The van der Waals surface area contributed by atoms with Crippen LogP contribution in [0.1, 0.15) is 38.0 Å². The van der Waals surface area contributed by atoms with Gasteiger partial charge < -0.3 is 4.74 Å². The topological polar surface area (TPSA) is 52.1 Å². The normalized spacial score (nSPS) is 10.6. The van der Waals surface area contributed by atoms with Gasteiger partial charge in [0, 0.05) is 11.8 Å². The smallest absolute Gasteiger partial charge is 0.350 e. The maximum absolute atomic E-state index is 11.7. The SMILES string of the molecule is CCOC(=O)c1sc(Cc2csc(C)n2)nc1C. The summed E-state index contributed by atoms with van der Waals surface area (Å²) in [6.07, 6.45) is 0.676. The van der Waals surface area contributed by atoms with E-state index in [1.54, 1.807) is 18.3 Å². The Hall–Kier alpha value is -1.27. The summed E-state index contributed by atoms with van der Waals surface area (Å²) in [5.74, 6) is -0.284. The van der Waals surface area contributed by atoms with Gasteiger partial charge in [-0.3, -0.25) is 0 Å². The average molecular weight is 282 g/mol. The molecule has 6 heteroatoms. The standard InChI is InChI=1S/C12H14N2O2S2/c1-4-16-12(15)11-7(2)13-10(18-11)5-9-6-17-8(3)14-9/h6H,4-5H2,1-3H3. The molecule has 0 fully saturated rings. The van der Waals surface area contributed by atoms with E-state index in [0.29, 0.717) is 17.9 Å². The van der Waals surface area contributed by atoms with E-state index >= 15 is 0 Å². The Morgan fingerprint density at radius 1 is 1.39 bits per heavy atom. The summed E-state index contributed by atoms with van der Waals surface area (Å²) >= 11 is 3.01. The molecule has 2 aromatic heterocycles. The summed E-state index contributed by atoms with van der Waals surface area (Å²) in [4.78, 5) is 21.1. The molecule has 0 spiro atoms. The lowest BCUT2D eigenvalue weighted by molar-refractivity contribution is 0.0531. The molecule has 0 aliphatic heterocycles. The van der Waals surface area contributed by atoms with Crippen LogP contribution >= 0.6 is 22.7 Å². The summed E-state index contributed by atoms with van der Waals surface area (Å²) in [6.45, 7) is 5.99. The molecular formula is C12H14N2O2S2. The molecule has 0 saturated heterocycles. The third kappa shape index (κ3) is 2.94. The van der Waals surface area contributed by atoms with E-state index in [1.807, 2.05) is 19.2 Å². The van der Waals surface area contributed by atoms with Crippen molar-refractivity contribution in [1.82, 2.24) is 9.97 Å². The lowest BCUT2D eigenvalue weighted by Crippen LogP contribution is -2.03. The van der Waals surface area contributed by atoms with Crippen molar-refractivity contribution >= 4 is 28.6 Å². The molecule has 0 bridgehead atoms. The molecule has 0 N–H and O–H groups in total. The fourth-order valence-electron chi connectivity index (χ4n) is 1.56. The second kappa shape index (κ2) is 5.58. The van der Waals surface area contributed by atoms with Gasteiger partial charge in [0.05, 0.1) is 28.0 Å². The van der Waals surface area contributed by atoms with Gasteiger partial charge in [0.15, 0.2) is 0 Å². The number of nitrogens with zero attached hydrogens (tertiary/aromatic N) is 2. The lowest BCUT2D eigenvalue weighted by atomic mass is 10.3. The van der Waals surface area contributed by atoms with Gasteiger partial charge in [-0.1, -0.05) is 0 Å². The van der Waals surface area contributed by atoms with Gasteiger partial charge in [-0.2, -0.15) is 0 Å². The van der Waals surface area contributed by atoms with Crippen LogP contribution in [0.25, 0.3) is 0 Å². The number of ether oxygens (including phenoxy) is 1. The third-order valence-electron chi connectivity index (χ3n) is 2.30. The number of hydrogen-bond donors (Lipinski definition) is 0. The minimum atomic E-state index is -0.284. The molecule has 2 heterocycles. The van der Waals surface area contributed by atoms with Gasteiger partial charge in [-0.15, -0.1) is 22.7 Å². The maximum atomic E-state index is 11.7. The number of aromatic nitrogens is 2. The molecule has 0 atom stereocenters. The molecule has 0 aliphatic rings. The molecule has 4 nitrogen and oxygen atoms in total. The van der Waals surface area contributed by atoms with Crippen molar-refractivity contribution in [1.29, 1.82) is 0 Å². The zero-order valence-electron chi connectivity index (χ0n) is 10.5. The molecule has 2 rings (SSSR count). The van der Waals surface area contributed by atoms with Crippen LogP contribution in [0.15, 0.2) is 5.38 Å². The quantitative estimate of drug-likeness (QED) is 0.809. The fraction of sp³-hybridized carbons (Fsp3) is 0.417. The van der Waals surface area contributed by atoms with E-state index in [2.05, 4.69) is 9.97 Å².